The minimum absolute atomic E-state index is 0.326. The molecule has 0 amide bonds. The van der Waals surface area contributed by atoms with Crippen LogP contribution in [0.3, 0.4) is 0 Å². The summed E-state index contributed by atoms with van der Waals surface area (Å²) < 4.78 is 2.76. The molecule has 1 fully saturated rings. The van der Waals surface area contributed by atoms with Gasteiger partial charge in [0.1, 0.15) is 24.7 Å². The number of pyridine rings is 1. The predicted molar refractivity (Wildman–Crippen MR) is 385 cm³/mol. The zero-order chi connectivity index (χ0) is 64.4. The van der Waals surface area contributed by atoms with Crippen molar-refractivity contribution in [3.05, 3.63) is 245 Å². The molecule has 7 atom stereocenters. The van der Waals surface area contributed by atoms with Crippen molar-refractivity contribution >= 4 is 77.0 Å². The van der Waals surface area contributed by atoms with E-state index in [-0.39, 0.29) is 0 Å². The highest BCUT2D eigenvalue weighted by atomic mass is 32.1. The van der Waals surface area contributed by atoms with Gasteiger partial charge in [0, 0.05) is 125 Å². The molecule has 0 bridgehead atoms. The lowest BCUT2D eigenvalue weighted by Gasteiger charge is -2.31. The number of aryl methyl sites for hydroxylation is 5. The van der Waals surface area contributed by atoms with Crippen molar-refractivity contribution in [3.63, 3.8) is 0 Å². The maximum absolute atomic E-state index is 7.02. The minimum atomic E-state index is 0.326. The van der Waals surface area contributed by atoms with E-state index in [9.17, 15) is 0 Å². The number of nitrogens with zero attached hydrogens (tertiary/aromatic N) is 12. The topological polar surface area (TPSA) is 49.7 Å². The fourth-order valence-corrected chi connectivity index (χ4v) is 14.4. The van der Waals surface area contributed by atoms with Crippen molar-refractivity contribution in [1.82, 2.24) is 24.6 Å². The summed E-state index contributed by atoms with van der Waals surface area (Å²) in [4.78, 5) is 31.0. The first-order chi connectivity index (χ1) is 43.1. The standard InChI is InChI=1S/C22H22N2S.C16H18N2.C14H17N3.C13H18N2.C12H17N3/c1-14-12-22-17(16-8-4-7-11-21(16)25-22)13-20(14)24-15(2)23(3)18-9-5-6-10-19(18)24;1-12-8-4-5-9-14(12)18-13(2)17(3)15-10-6-7-11-16(15)18;1-10-8-13(15-4)6-7-14(10)17-9-11(2)16(5)12(17)3;1-10-7-5-6-8-13(10)15-9-11(2)14(4)12(15)3;1-9-7-13-6-5-12(9)15-8-10(2)14(4)11(15)3/h4-13,15,18-19H,1-3H3;4-11,13H,1-3H3;6-9,12H,1-3,5H3;5-9,12H,1-4H3;5-8,11H,1-4H3. The van der Waals surface area contributed by atoms with E-state index < -0.39 is 0 Å². The molecule has 466 valence electrons. The van der Waals surface area contributed by atoms with Crippen LogP contribution < -0.4 is 29.4 Å². The van der Waals surface area contributed by atoms with Crippen LogP contribution in [0.1, 0.15) is 83.2 Å². The zero-order valence-electron chi connectivity index (χ0n) is 56.2. The van der Waals surface area contributed by atoms with Gasteiger partial charge in [0.2, 0.25) is 0 Å². The normalized spacial score (nSPS) is 21.4. The summed E-state index contributed by atoms with van der Waals surface area (Å²) in [5.74, 6) is 0. The smallest absolute Gasteiger partial charge is 0.187 e. The number of rotatable bonds is 5. The first kappa shape index (κ1) is 64.0. The third-order valence-corrected chi connectivity index (χ3v) is 20.6. The van der Waals surface area contributed by atoms with Gasteiger partial charge in [0.05, 0.1) is 36.2 Å². The van der Waals surface area contributed by atoms with Crippen LogP contribution in [0.5, 0.6) is 0 Å². The number of fused-ring (bicyclic) bond motifs is 5. The Hall–Kier alpha value is -8.96. The maximum Gasteiger partial charge on any atom is 0.187 e. The van der Waals surface area contributed by atoms with Crippen LogP contribution in [-0.2, 0) is 0 Å². The molecule has 0 N–H and O–H groups in total. The molecule has 7 unspecified atom stereocenters. The molecule has 6 aromatic carbocycles. The number of aromatic nitrogens is 1. The Bertz CT molecular complexity index is 4010. The van der Waals surface area contributed by atoms with Crippen LogP contribution in [0.2, 0.25) is 0 Å². The van der Waals surface area contributed by atoms with Crippen LogP contribution in [0.4, 0.5) is 45.5 Å². The average molecular weight is 1220 g/mol. The van der Waals surface area contributed by atoms with E-state index in [1.54, 1.807) is 0 Å². The molecular weight excluding hydrogens is 1120 g/mol. The van der Waals surface area contributed by atoms with Crippen LogP contribution in [0.25, 0.3) is 25.0 Å². The second-order valence-corrected chi connectivity index (χ2v) is 26.0. The van der Waals surface area contributed by atoms with Gasteiger partial charge < -0.3 is 44.1 Å². The van der Waals surface area contributed by atoms with Crippen molar-refractivity contribution in [1.29, 1.82) is 0 Å². The Kier molecular flexibility index (Phi) is 19.2. The van der Waals surface area contributed by atoms with E-state index in [2.05, 4.69) is 342 Å². The second kappa shape index (κ2) is 27.0. The Labute approximate surface area is 541 Å². The summed E-state index contributed by atoms with van der Waals surface area (Å²) in [6, 6.07) is 48.0. The quantitative estimate of drug-likeness (QED) is 0.155. The molecule has 7 heterocycles. The first-order valence-corrected chi connectivity index (χ1v) is 32.4. The molecule has 0 radical (unpaired) electrons. The number of hydrogen-bond donors (Lipinski definition) is 0. The molecule has 6 aliphatic rings. The highest BCUT2D eigenvalue weighted by molar-refractivity contribution is 7.25. The van der Waals surface area contributed by atoms with Crippen LogP contribution in [-0.4, -0.2) is 103 Å². The predicted octanol–water partition coefficient (Wildman–Crippen LogP) is 18.1. The largest absolute Gasteiger partial charge is 0.357 e. The summed E-state index contributed by atoms with van der Waals surface area (Å²) in [7, 11) is 10.7. The molecule has 2 aromatic heterocycles. The molecule has 8 aromatic rings. The van der Waals surface area contributed by atoms with Crippen LogP contribution in [0, 0.1) is 41.2 Å². The molecule has 12 nitrogen and oxygen atoms in total. The molecule has 14 rings (SSSR count). The van der Waals surface area contributed by atoms with Gasteiger partial charge in [-0.3, -0.25) is 9.88 Å². The lowest BCUT2D eigenvalue weighted by atomic mass is 10.0. The van der Waals surface area contributed by atoms with Gasteiger partial charge in [-0.25, -0.2) is 4.85 Å². The number of benzene rings is 6. The first-order valence-electron chi connectivity index (χ1n) is 31.6. The van der Waals surface area contributed by atoms with Crippen molar-refractivity contribution in [3.8, 4) is 0 Å². The van der Waals surface area contributed by atoms with Crippen molar-refractivity contribution in [2.75, 3.05) is 64.6 Å². The molecule has 5 aliphatic heterocycles. The summed E-state index contributed by atoms with van der Waals surface area (Å²) in [5, 5.41) is 2.76. The summed E-state index contributed by atoms with van der Waals surface area (Å²) in [6.07, 6.45) is 21.2. The van der Waals surface area contributed by atoms with Crippen molar-refractivity contribution in [2.45, 2.75) is 133 Å². The van der Waals surface area contributed by atoms with Crippen LogP contribution >= 0.6 is 11.3 Å². The van der Waals surface area contributed by atoms with Crippen molar-refractivity contribution in [2.24, 2.45) is 0 Å². The average Bonchev–Trinajstić information content (AvgIpc) is 1.64. The fraction of sp³-hybridized carbons (Fsp3) is 0.325. The Morgan fingerprint density at radius 2 is 0.900 bits per heavy atom. The Morgan fingerprint density at radius 3 is 1.43 bits per heavy atom. The third-order valence-electron chi connectivity index (χ3n) is 19.5. The van der Waals surface area contributed by atoms with E-state index in [1.165, 1.54) is 99.3 Å². The number of anilines is 7. The highest BCUT2D eigenvalue weighted by Gasteiger charge is 2.42. The van der Waals surface area contributed by atoms with Gasteiger partial charge in [0.15, 0.2) is 5.69 Å². The van der Waals surface area contributed by atoms with E-state index in [1.807, 2.05) is 41.9 Å². The molecule has 1 saturated heterocycles. The number of allylic oxidation sites excluding steroid dienone is 5. The molecular formula is C77H92N12S. The number of thiophene rings is 1. The van der Waals surface area contributed by atoms with E-state index in [0.717, 1.165) is 5.56 Å². The minimum Gasteiger partial charge on any atom is -0.357 e. The van der Waals surface area contributed by atoms with Gasteiger partial charge in [-0.15, -0.1) is 11.3 Å². The van der Waals surface area contributed by atoms with Gasteiger partial charge in [-0.05, 0) is 179 Å². The van der Waals surface area contributed by atoms with Crippen molar-refractivity contribution < 1.29 is 0 Å². The fourth-order valence-electron chi connectivity index (χ4n) is 13.2. The lowest BCUT2D eigenvalue weighted by molar-refractivity contribution is 0.285. The van der Waals surface area contributed by atoms with Gasteiger partial charge >= 0.3 is 0 Å². The monoisotopic (exact) mass is 1220 g/mol. The maximum atomic E-state index is 7.02. The van der Waals surface area contributed by atoms with Gasteiger partial charge in [-0.1, -0.05) is 103 Å². The molecule has 90 heavy (non-hydrogen) atoms. The summed E-state index contributed by atoms with van der Waals surface area (Å²) >= 11 is 1.90. The second-order valence-electron chi connectivity index (χ2n) is 24.9. The zero-order valence-corrected chi connectivity index (χ0v) is 57.0. The molecule has 1 aliphatic carbocycles. The Morgan fingerprint density at radius 1 is 0.411 bits per heavy atom. The molecule has 0 spiro atoms. The number of para-hydroxylation sites is 4. The third kappa shape index (κ3) is 12.5. The summed E-state index contributed by atoms with van der Waals surface area (Å²) in [6.45, 7) is 35.3. The van der Waals surface area contributed by atoms with E-state index in [0.29, 0.717) is 48.6 Å². The van der Waals surface area contributed by atoms with Gasteiger partial charge in [0.25, 0.3) is 0 Å². The molecule has 13 heteroatoms. The van der Waals surface area contributed by atoms with E-state index >= 15 is 0 Å². The molecule has 0 saturated carbocycles. The number of likely N-dealkylation sites (N-methyl/N-ethyl adjacent to an activating group) is 1. The Balaban J connectivity index is 0.000000126. The lowest BCUT2D eigenvalue weighted by Crippen LogP contribution is -2.37. The van der Waals surface area contributed by atoms with E-state index in [4.69, 9.17) is 6.57 Å². The number of hydrogen-bond acceptors (Lipinski definition) is 12. The highest BCUT2D eigenvalue weighted by Crippen LogP contribution is 2.45. The SMILES string of the molecule is CC1=CN(c2ccccc2C)C(C)N1C.CC1=CN(c2ccncc2C)C(C)N1C.Cc1cc2sc3ccccc3c2cc1N1C2C=CC=CC2N(C)C1C.Cc1ccccc1N1c2ccccc2N(C)C1C.[C-]#[N+]c1ccc(N2C=C(C)N(C)C2C)c(C)c1. The van der Waals surface area contributed by atoms with Crippen LogP contribution in [0.15, 0.2) is 206 Å². The summed E-state index contributed by atoms with van der Waals surface area (Å²) in [5.41, 5.74) is 19.9. The van der Waals surface area contributed by atoms with Gasteiger partial charge in [-0.2, -0.15) is 0 Å².